The van der Waals surface area contributed by atoms with Gasteiger partial charge in [0.15, 0.2) is 0 Å². The molecule has 0 saturated carbocycles. The normalized spacial score (nSPS) is 10.8. The van der Waals surface area contributed by atoms with Crippen LogP contribution in [0.1, 0.15) is 33.7 Å². The van der Waals surface area contributed by atoms with Gasteiger partial charge in [0.2, 0.25) is 5.91 Å². The molecule has 0 spiro atoms. The summed E-state index contributed by atoms with van der Waals surface area (Å²) < 4.78 is 12.8. The molecule has 164 valence electrons. The summed E-state index contributed by atoms with van der Waals surface area (Å²) >= 11 is 0. The third kappa shape index (κ3) is 5.24. The molecule has 0 fully saturated rings. The molecule has 0 saturated heterocycles. The van der Waals surface area contributed by atoms with Crippen LogP contribution in [0.25, 0.3) is 0 Å². The number of hydrogen-bond acceptors (Lipinski definition) is 5. The Labute approximate surface area is 187 Å². The number of rotatable bonds is 8. The van der Waals surface area contributed by atoms with E-state index in [-0.39, 0.29) is 12.3 Å². The summed E-state index contributed by atoms with van der Waals surface area (Å²) in [5, 5.41) is 11.2. The SMILES string of the molecule is Cc1ccc(Cn2nccc2NC(=O)Cc2ccc(OCc3c(C)noc3C)cc2)cc1. The van der Waals surface area contributed by atoms with Crippen molar-refractivity contribution in [1.29, 1.82) is 0 Å². The number of anilines is 1. The molecule has 2 aromatic carbocycles. The van der Waals surface area contributed by atoms with Crippen LogP contribution in [0.4, 0.5) is 5.82 Å². The highest BCUT2D eigenvalue weighted by Gasteiger charge is 2.11. The number of amides is 1. The van der Waals surface area contributed by atoms with Crippen molar-refractivity contribution >= 4 is 11.7 Å². The third-order valence-corrected chi connectivity index (χ3v) is 5.29. The van der Waals surface area contributed by atoms with Gasteiger partial charge in [-0.1, -0.05) is 47.1 Å². The first-order valence-corrected chi connectivity index (χ1v) is 10.5. The van der Waals surface area contributed by atoms with Gasteiger partial charge < -0.3 is 14.6 Å². The Balaban J connectivity index is 1.32. The lowest BCUT2D eigenvalue weighted by molar-refractivity contribution is -0.115. The quantitative estimate of drug-likeness (QED) is 0.442. The zero-order valence-corrected chi connectivity index (χ0v) is 18.5. The van der Waals surface area contributed by atoms with Crippen LogP contribution in [0.2, 0.25) is 0 Å². The Bertz CT molecular complexity index is 1170. The van der Waals surface area contributed by atoms with Crippen LogP contribution < -0.4 is 10.1 Å². The summed E-state index contributed by atoms with van der Waals surface area (Å²) in [7, 11) is 0. The van der Waals surface area contributed by atoms with Gasteiger partial charge in [0, 0.05) is 6.07 Å². The zero-order valence-electron chi connectivity index (χ0n) is 18.5. The highest BCUT2D eigenvalue weighted by atomic mass is 16.5. The Morgan fingerprint density at radius 2 is 1.72 bits per heavy atom. The molecule has 4 rings (SSSR count). The predicted molar refractivity (Wildman–Crippen MR) is 122 cm³/mol. The fraction of sp³-hybridized carbons (Fsp3) is 0.240. The van der Waals surface area contributed by atoms with Crippen molar-refractivity contribution in [3.63, 3.8) is 0 Å². The Hall–Kier alpha value is -3.87. The minimum absolute atomic E-state index is 0.0972. The fourth-order valence-electron chi connectivity index (χ4n) is 3.37. The smallest absolute Gasteiger partial charge is 0.229 e. The van der Waals surface area contributed by atoms with Gasteiger partial charge in [-0.2, -0.15) is 5.10 Å². The van der Waals surface area contributed by atoms with Crippen LogP contribution in [0, 0.1) is 20.8 Å². The molecule has 32 heavy (non-hydrogen) atoms. The van der Waals surface area contributed by atoms with E-state index in [1.54, 1.807) is 16.9 Å². The van der Waals surface area contributed by atoms with Crippen molar-refractivity contribution in [2.24, 2.45) is 0 Å². The number of nitrogens with one attached hydrogen (secondary N) is 1. The van der Waals surface area contributed by atoms with Gasteiger partial charge in [-0.15, -0.1) is 0 Å². The summed E-state index contributed by atoms with van der Waals surface area (Å²) in [4.78, 5) is 12.6. The van der Waals surface area contributed by atoms with E-state index in [0.29, 0.717) is 19.0 Å². The molecule has 0 aliphatic rings. The standard InChI is InChI=1S/C25H26N4O3/c1-17-4-6-21(7-5-17)15-29-24(12-13-26-29)27-25(30)14-20-8-10-22(11-9-20)31-16-23-18(2)28-32-19(23)3/h4-13H,14-16H2,1-3H3,(H,27,30). The molecule has 0 radical (unpaired) electrons. The fourth-order valence-corrected chi connectivity index (χ4v) is 3.37. The topological polar surface area (TPSA) is 82.2 Å². The van der Waals surface area contributed by atoms with Gasteiger partial charge in [-0.25, -0.2) is 4.68 Å². The molecule has 1 amide bonds. The molecule has 0 atom stereocenters. The van der Waals surface area contributed by atoms with Gasteiger partial charge in [0.05, 0.1) is 30.4 Å². The van der Waals surface area contributed by atoms with Crippen molar-refractivity contribution in [3.05, 3.63) is 94.5 Å². The van der Waals surface area contributed by atoms with Crippen LogP contribution in [0.15, 0.2) is 65.3 Å². The molecule has 0 unspecified atom stereocenters. The lowest BCUT2D eigenvalue weighted by Crippen LogP contribution is -2.18. The number of nitrogens with zero attached hydrogens (tertiary/aromatic N) is 3. The maximum atomic E-state index is 12.6. The molecular formula is C25H26N4O3. The van der Waals surface area contributed by atoms with Gasteiger partial charge in [-0.05, 0) is 44.0 Å². The van der Waals surface area contributed by atoms with Crippen LogP contribution in [0.3, 0.4) is 0 Å². The van der Waals surface area contributed by atoms with E-state index in [4.69, 9.17) is 9.26 Å². The van der Waals surface area contributed by atoms with Gasteiger partial charge in [0.25, 0.3) is 0 Å². The summed E-state index contributed by atoms with van der Waals surface area (Å²) in [6.45, 7) is 6.81. The first kappa shape index (κ1) is 21.4. The molecule has 4 aromatic rings. The largest absolute Gasteiger partial charge is 0.489 e. The third-order valence-electron chi connectivity index (χ3n) is 5.29. The average molecular weight is 431 g/mol. The predicted octanol–water partition coefficient (Wildman–Crippen LogP) is 4.60. The first-order chi connectivity index (χ1) is 15.5. The highest BCUT2D eigenvalue weighted by molar-refractivity contribution is 5.91. The van der Waals surface area contributed by atoms with E-state index in [1.165, 1.54) is 5.56 Å². The number of benzene rings is 2. The molecule has 0 bridgehead atoms. The number of carbonyl (C=O) groups is 1. The first-order valence-electron chi connectivity index (χ1n) is 10.5. The van der Waals surface area contributed by atoms with Crippen LogP contribution in [-0.2, 0) is 24.4 Å². The minimum atomic E-state index is -0.0972. The Morgan fingerprint density at radius 1 is 1.00 bits per heavy atom. The van der Waals surface area contributed by atoms with Crippen molar-refractivity contribution in [2.75, 3.05) is 5.32 Å². The Morgan fingerprint density at radius 3 is 2.41 bits per heavy atom. The van der Waals surface area contributed by atoms with Crippen molar-refractivity contribution in [1.82, 2.24) is 14.9 Å². The second-order valence-corrected chi connectivity index (χ2v) is 7.82. The molecule has 1 N–H and O–H groups in total. The van der Waals surface area contributed by atoms with Gasteiger partial charge in [-0.3, -0.25) is 4.79 Å². The highest BCUT2D eigenvalue weighted by Crippen LogP contribution is 2.18. The maximum Gasteiger partial charge on any atom is 0.229 e. The van der Waals surface area contributed by atoms with E-state index >= 15 is 0 Å². The van der Waals surface area contributed by atoms with Crippen molar-refractivity contribution in [2.45, 2.75) is 40.3 Å². The van der Waals surface area contributed by atoms with Crippen LogP contribution >= 0.6 is 0 Å². The Kier molecular flexibility index (Phi) is 6.35. The molecular weight excluding hydrogens is 404 g/mol. The number of ether oxygens (including phenoxy) is 1. The van der Waals surface area contributed by atoms with Crippen LogP contribution in [0.5, 0.6) is 5.75 Å². The summed E-state index contributed by atoms with van der Waals surface area (Å²) in [5.74, 6) is 2.07. The number of carbonyl (C=O) groups excluding carboxylic acids is 1. The van der Waals surface area contributed by atoms with E-state index < -0.39 is 0 Å². The lowest BCUT2D eigenvalue weighted by Gasteiger charge is -2.10. The summed E-state index contributed by atoms with van der Waals surface area (Å²) in [6.07, 6.45) is 1.95. The van der Waals surface area contributed by atoms with E-state index in [0.717, 1.165) is 33.9 Å². The van der Waals surface area contributed by atoms with E-state index in [2.05, 4.69) is 46.8 Å². The molecule has 0 aliphatic heterocycles. The van der Waals surface area contributed by atoms with Crippen LogP contribution in [-0.4, -0.2) is 20.8 Å². The molecule has 7 heteroatoms. The number of hydrogen-bond donors (Lipinski definition) is 1. The maximum absolute atomic E-state index is 12.6. The second kappa shape index (κ2) is 9.51. The van der Waals surface area contributed by atoms with Crippen molar-refractivity contribution < 1.29 is 14.1 Å². The second-order valence-electron chi connectivity index (χ2n) is 7.82. The van der Waals surface area contributed by atoms with Crippen molar-refractivity contribution in [3.8, 4) is 5.75 Å². The van der Waals surface area contributed by atoms with Gasteiger partial charge >= 0.3 is 0 Å². The monoisotopic (exact) mass is 430 g/mol. The van der Waals surface area contributed by atoms with Gasteiger partial charge in [0.1, 0.15) is 23.9 Å². The summed E-state index contributed by atoms with van der Waals surface area (Å²) in [5.41, 5.74) is 5.02. The number of aryl methyl sites for hydroxylation is 3. The molecule has 0 aliphatic carbocycles. The zero-order chi connectivity index (χ0) is 22.5. The average Bonchev–Trinajstić information content (AvgIpc) is 3.34. The molecule has 2 aromatic heterocycles. The lowest BCUT2D eigenvalue weighted by atomic mass is 10.1. The minimum Gasteiger partial charge on any atom is -0.489 e. The molecule has 7 nitrogen and oxygen atoms in total. The summed E-state index contributed by atoms with van der Waals surface area (Å²) in [6, 6.07) is 17.6. The van der Waals surface area contributed by atoms with E-state index in [1.807, 2.05) is 38.1 Å². The molecule has 2 heterocycles. The number of aromatic nitrogens is 3. The van der Waals surface area contributed by atoms with E-state index in [9.17, 15) is 4.79 Å².